The third kappa shape index (κ3) is 5.33. The highest BCUT2D eigenvalue weighted by atomic mass is 79.9. The van der Waals surface area contributed by atoms with E-state index in [-0.39, 0.29) is 24.1 Å². The van der Waals surface area contributed by atoms with Crippen LogP contribution in [0.2, 0.25) is 0 Å². The van der Waals surface area contributed by atoms with Crippen LogP contribution >= 0.6 is 39.0 Å². The highest BCUT2D eigenvalue weighted by molar-refractivity contribution is 9.10. The highest BCUT2D eigenvalue weighted by Crippen LogP contribution is 2.44. The average molecular weight is 516 g/mol. The van der Waals surface area contributed by atoms with Crippen molar-refractivity contribution in [2.75, 3.05) is 23.8 Å². The second-order valence-corrected chi connectivity index (χ2v) is 10.3. The Morgan fingerprint density at radius 2 is 2.13 bits per heavy atom. The maximum Gasteiger partial charge on any atom is 0.321 e. The van der Waals surface area contributed by atoms with E-state index >= 15 is 0 Å². The molecule has 0 saturated heterocycles. The van der Waals surface area contributed by atoms with E-state index in [0.29, 0.717) is 21.8 Å². The van der Waals surface area contributed by atoms with E-state index in [1.165, 1.54) is 34.1 Å². The summed E-state index contributed by atoms with van der Waals surface area (Å²) in [5.41, 5.74) is 5.78. The molecule has 1 aromatic heterocycles. The Morgan fingerprint density at radius 3 is 2.77 bits per heavy atom. The third-order valence-corrected chi connectivity index (χ3v) is 7.81. The molecule has 0 radical (unpaired) electrons. The van der Waals surface area contributed by atoms with Gasteiger partial charge in [0.25, 0.3) is 0 Å². The van der Waals surface area contributed by atoms with Gasteiger partial charge in [0.15, 0.2) is 5.13 Å². The molecule has 1 aromatic carbocycles. The minimum absolute atomic E-state index is 0.167. The van der Waals surface area contributed by atoms with Gasteiger partial charge in [-0.3, -0.25) is 9.69 Å². The number of ether oxygens (including phenoxy) is 1. The van der Waals surface area contributed by atoms with Crippen molar-refractivity contribution in [2.45, 2.75) is 42.2 Å². The van der Waals surface area contributed by atoms with Gasteiger partial charge >= 0.3 is 12.0 Å². The summed E-state index contributed by atoms with van der Waals surface area (Å²) in [5, 5.41) is 0.442. The van der Waals surface area contributed by atoms with Gasteiger partial charge in [-0.2, -0.15) is 0 Å². The van der Waals surface area contributed by atoms with Crippen LogP contribution in [0.4, 0.5) is 14.3 Å². The Labute approximate surface area is 191 Å². The molecule has 0 aliphatic heterocycles. The summed E-state index contributed by atoms with van der Waals surface area (Å²) >= 11 is 5.88. The Kier molecular flexibility index (Phi) is 7.75. The Morgan fingerprint density at radius 1 is 1.40 bits per heavy atom. The predicted octanol–water partition coefficient (Wildman–Crippen LogP) is 5.10. The SMILES string of the molecule is CCOC(=O)CSc1cnc(N(CC2(c3ccc(Br)cc3F)CCCC2)C(N)=O)s1. The first-order valence-electron chi connectivity index (χ1n) is 9.61. The molecule has 6 nitrogen and oxygen atoms in total. The monoisotopic (exact) mass is 515 g/mol. The van der Waals surface area contributed by atoms with E-state index in [9.17, 15) is 14.0 Å². The summed E-state index contributed by atoms with van der Waals surface area (Å²) in [6.45, 7) is 2.35. The van der Waals surface area contributed by atoms with Crippen LogP contribution < -0.4 is 10.6 Å². The zero-order valence-electron chi connectivity index (χ0n) is 16.5. The van der Waals surface area contributed by atoms with Crippen molar-refractivity contribution in [1.29, 1.82) is 0 Å². The maximum absolute atomic E-state index is 14.8. The van der Waals surface area contributed by atoms with Crippen molar-refractivity contribution < 1.29 is 18.7 Å². The normalized spacial score (nSPS) is 15.2. The first-order valence-corrected chi connectivity index (χ1v) is 12.2. The molecule has 0 unspecified atom stereocenters. The Bertz CT molecular complexity index is 918. The van der Waals surface area contributed by atoms with Gasteiger partial charge in [0.2, 0.25) is 0 Å². The van der Waals surface area contributed by atoms with Gasteiger partial charge in [0.05, 0.1) is 22.8 Å². The standard InChI is InChI=1S/C20H23BrFN3O3S2/c1-2-28-16(26)11-29-17-10-24-19(30-17)25(18(23)27)12-20(7-3-4-8-20)14-6-5-13(21)9-15(14)22/h5-6,9-10H,2-4,7-8,11-12H2,1H3,(H2,23,27). The number of thiazole rings is 1. The first kappa shape index (κ1) is 23.0. The molecule has 162 valence electrons. The van der Waals surface area contributed by atoms with Crippen LogP contribution in [0.5, 0.6) is 0 Å². The number of urea groups is 1. The third-order valence-electron chi connectivity index (χ3n) is 5.13. The summed E-state index contributed by atoms with van der Waals surface area (Å²) in [4.78, 5) is 29.6. The molecule has 1 saturated carbocycles. The Hall–Kier alpha value is -1.65. The molecular formula is C20H23BrFN3O3S2. The molecule has 30 heavy (non-hydrogen) atoms. The van der Waals surface area contributed by atoms with Crippen LogP contribution in [0, 0.1) is 5.82 Å². The van der Waals surface area contributed by atoms with Crippen molar-refractivity contribution in [1.82, 2.24) is 4.98 Å². The quantitative estimate of drug-likeness (QED) is 0.390. The van der Waals surface area contributed by atoms with Crippen LogP contribution in [0.1, 0.15) is 38.2 Å². The number of rotatable bonds is 8. The van der Waals surface area contributed by atoms with Gasteiger partial charge in [-0.15, -0.1) is 11.8 Å². The molecule has 1 aliphatic carbocycles. The summed E-state index contributed by atoms with van der Waals surface area (Å²) in [6, 6.07) is 4.43. The summed E-state index contributed by atoms with van der Waals surface area (Å²) in [6.07, 6.45) is 5.07. The molecule has 3 rings (SSSR count). The first-order chi connectivity index (χ1) is 14.3. The largest absolute Gasteiger partial charge is 0.465 e. The molecule has 0 atom stereocenters. The number of primary amides is 1. The van der Waals surface area contributed by atoms with Gasteiger partial charge in [-0.05, 0) is 37.5 Å². The van der Waals surface area contributed by atoms with Crippen molar-refractivity contribution in [3.63, 3.8) is 0 Å². The van der Waals surface area contributed by atoms with Crippen molar-refractivity contribution in [3.05, 3.63) is 40.2 Å². The number of halogens is 2. The van der Waals surface area contributed by atoms with E-state index < -0.39 is 11.4 Å². The lowest BCUT2D eigenvalue weighted by molar-refractivity contribution is -0.139. The number of carbonyl (C=O) groups excluding carboxylic acids is 2. The molecule has 1 aliphatic rings. The fraction of sp³-hybridized carbons (Fsp3) is 0.450. The Balaban J connectivity index is 1.82. The molecule has 1 fully saturated rings. The van der Waals surface area contributed by atoms with E-state index in [1.54, 1.807) is 19.2 Å². The van der Waals surface area contributed by atoms with E-state index in [2.05, 4.69) is 20.9 Å². The lowest BCUT2D eigenvalue weighted by Crippen LogP contribution is -2.45. The van der Waals surface area contributed by atoms with Crippen LogP contribution in [-0.4, -0.2) is 35.9 Å². The summed E-state index contributed by atoms with van der Waals surface area (Å²) in [7, 11) is 0. The summed E-state index contributed by atoms with van der Waals surface area (Å²) < 4.78 is 21.2. The number of hydrogen-bond donors (Lipinski definition) is 1. The topological polar surface area (TPSA) is 85.5 Å². The molecule has 0 bridgehead atoms. The van der Waals surface area contributed by atoms with E-state index in [4.69, 9.17) is 10.5 Å². The zero-order chi connectivity index (χ0) is 21.7. The minimum Gasteiger partial charge on any atom is -0.465 e. The molecule has 10 heteroatoms. The second-order valence-electron chi connectivity index (χ2n) is 7.09. The second kappa shape index (κ2) is 10.1. The van der Waals surface area contributed by atoms with E-state index in [0.717, 1.165) is 29.9 Å². The predicted molar refractivity (Wildman–Crippen MR) is 121 cm³/mol. The smallest absolute Gasteiger partial charge is 0.321 e. The fourth-order valence-electron chi connectivity index (χ4n) is 3.80. The average Bonchev–Trinajstić information content (AvgIpc) is 3.35. The van der Waals surface area contributed by atoms with Crippen LogP contribution in [0.15, 0.2) is 33.1 Å². The number of hydrogen-bond acceptors (Lipinski definition) is 6. The number of esters is 1. The van der Waals surface area contributed by atoms with Crippen molar-refractivity contribution in [3.8, 4) is 0 Å². The number of carbonyl (C=O) groups is 2. The van der Waals surface area contributed by atoms with Gasteiger partial charge in [0.1, 0.15) is 5.82 Å². The molecule has 2 amide bonds. The molecule has 2 N–H and O–H groups in total. The van der Waals surface area contributed by atoms with Crippen LogP contribution in [0.25, 0.3) is 0 Å². The zero-order valence-corrected chi connectivity index (χ0v) is 19.7. The molecule has 0 spiro atoms. The van der Waals surface area contributed by atoms with Crippen LogP contribution in [-0.2, 0) is 14.9 Å². The van der Waals surface area contributed by atoms with Crippen LogP contribution in [0.3, 0.4) is 0 Å². The molecular weight excluding hydrogens is 493 g/mol. The lowest BCUT2D eigenvalue weighted by atomic mass is 9.78. The number of thioether (sulfide) groups is 1. The van der Waals surface area contributed by atoms with Gasteiger partial charge < -0.3 is 10.5 Å². The fourth-order valence-corrected chi connectivity index (χ4v) is 5.90. The highest BCUT2D eigenvalue weighted by Gasteiger charge is 2.41. The number of amides is 2. The minimum atomic E-state index is -0.630. The number of nitrogens with two attached hydrogens (primary N) is 1. The van der Waals surface area contributed by atoms with Gasteiger partial charge in [-0.1, -0.05) is 46.2 Å². The maximum atomic E-state index is 14.8. The van der Waals surface area contributed by atoms with Crippen molar-refractivity contribution >= 4 is 56.2 Å². The van der Waals surface area contributed by atoms with Crippen molar-refractivity contribution in [2.24, 2.45) is 5.73 Å². The van der Waals surface area contributed by atoms with Gasteiger partial charge in [-0.25, -0.2) is 14.2 Å². The molecule has 1 heterocycles. The van der Waals surface area contributed by atoms with Gasteiger partial charge in [0, 0.05) is 16.4 Å². The number of aromatic nitrogens is 1. The molecule has 2 aromatic rings. The number of nitrogens with zero attached hydrogens (tertiary/aromatic N) is 2. The summed E-state index contributed by atoms with van der Waals surface area (Å²) in [5.74, 6) is -0.430. The lowest BCUT2D eigenvalue weighted by Gasteiger charge is -2.34. The number of anilines is 1. The van der Waals surface area contributed by atoms with E-state index in [1.807, 2.05) is 6.07 Å². The number of benzene rings is 1.